The van der Waals surface area contributed by atoms with Crippen molar-refractivity contribution in [2.24, 2.45) is 11.8 Å². The number of hydrogen-bond donors (Lipinski definition) is 2. The number of benzene rings is 1. The third-order valence-electron chi connectivity index (χ3n) is 5.38. The van der Waals surface area contributed by atoms with Crippen molar-refractivity contribution in [3.05, 3.63) is 29.3 Å². The van der Waals surface area contributed by atoms with Gasteiger partial charge in [-0.3, -0.25) is 4.79 Å². The van der Waals surface area contributed by atoms with E-state index >= 15 is 0 Å². The minimum Gasteiger partial charge on any atom is -0.336 e. The predicted molar refractivity (Wildman–Crippen MR) is 91.9 cm³/mol. The molecule has 0 unspecified atom stereocenters. The standard InChI is InChI=1S/C19H30N2O/c1-5-16-10-6-9-14(3)19(16)21-18(22)12-20-17-11-7-8-13(2)15(17)4/h6,9-10,13,15,17,20H,5,7-8,11-12H2,1-4H3,(H,21,22)/p+1/t13-,15+,17-/m1/s1. The Morgan fingerprint density at radius 1 is 1.32 bits per heavy atom. The number of carbonyl (C=O) groups is 1. The SMILES string of the molecule is CCc1cccc(C)c1NC(=O)C[NH2+][C@@H]1CCC[C@@H](C)[C@@H]1C. The molecule has 1 fully saturated rings. The number of rotatable bonds is 5. The second kappa shape index (κ2) is 7.77. The highest BCUT2D eigenvalue weighted by molar-refractivity contribution is 5.93. The Morgan fingerprint density at radius 3 is 2.82 bits per heavy atom. The summed E-state index contributed by atoms with van der Waals surface area (Å²) in [6, 6.07) is 6.80. The van der Waals surface area contributed by atoms with Crippen molar-refractivity contribution < 1.29 is 10.1 Å². The summed E-state index contributed by atoms with van der Waals surface area (Å²) in [5.74, 6) is 1.60. The highest BCUT2D eigenvalue weighted by Crippen LogP contribution is 2.27. The normalized spacial score (nSPS) is 25.0. The maximum absolute atomic E-state index is 12.3. The number of anilines is 1. The van der Waals surface area contributed by atoms with Crippen LogP contribution in [0.4, 0.5) is 5.69 Å². The van der Waals surface area contributed by atoms with E-state index in [1.54, 1.807) is 0 Å². The number of nitrogens with one attached hydrogen (secondary N) is 1. The molecule has 0 radical (unpaired) electrons. The monoisotopic (exact) mass is 303 g/mol. The van der Waals surface area contributed by atoms with E-state index in [0.717, 1.165) is 23.6 Å². The lowest BCUT2D eigenvalue weighted by atomic mass is 9.78. The Balaban J connectivity index is 1.91. The number of quaternary nitrogens is 1. The van der Waals surface area contributed by atoms with E-state index in [9.17, 15) is 4.79 Å². The molecule has 1 aromatic carbocycles. The lowest BCUT2D eigenvalue weighted by molar-refractivity contribution is -0.688. The number of amides is 1. The highest BCUT2D eigenvalue weighted by atomic mass is 16.1. The van der Waals surface area contributed by atoms with Crippen LogP contribution in [0, 0.1) is 18.8 Å². The van der Waals surface area contributed by atoms with Crippen molar-refractivity contribution in [2.45, 2.75) is 59.4 Å². The Labute approximate surface area is 134 Å². The van der Waals surface area contributed by atoms with E-state index in [4.69, 9.17) is 0 Å². The Morgan fingerprint density at radius 2 is 2.09 bits per heavy atom. The molecule has 1 aliphatic carbocycles. The summed E-state index contributed by atoms with van der Waals surface area (Å²) in [4.78, 5) is 12.3. The van der Waals surface area contributed by atoms with Gasteiger partial charge in [-0.05, 0) is 49.7 Å². The first-order valence-electron chi connectivity index (χ1n) is 8.74. The molecule has 1 amide bonds. The van der Waals surface area contributed by atoms with E-state index in [-0.39, 0.29) is 5.91 Å². The fourth-order valence-corrected chi connectivity index (χ4v) is 3.61. The van der Waals surface area contributed by atoms with Crippen molar-refractivity contribution >= 4 is 11.6 Å². The summed E-state index contributed by atoms with van der Waals surface area (Å²) in [6.45, 7) is 9.38. The summed E-state index contributed by atoms with van der Waals surface area (Å²) in [5.41, 5.74) is 3.37. The van der Waals surface area contributed by atoms with Gasteiger partial charge in [0.25, 0.3) is 5.91 Å². The number of hydrogen-bond acceptors (Lipinski definition) is 1. The fraction of sp³-hybridized carbons (Fsp3) is 0.632. The fourth-order valence-electron chi connectivity index (χ4n) is 3.61. The Bertz CT molecular complexity index is 512. The van der Waals surface area contributed by atoms with Crippen molar-refractivity contribution in [1.29, 1.82) is 0 Å². The van der Waals surface area contributed by atoms with Crippen molar-refractivity contribution in [1.82, 2.24) is 0 Å². The quantitative estimate of drug-likeness (QED) is 0.863. The number of aryl methyl sites for hydroxylation is 2. The largest absolute Gasteiger partial charge is 0.336 e. The van der Waals surface area contributed by atoms with Gasteiger partial charge in [0.15, 0.2) is 6.54 Å². The number of carbonyl (C=O) groups excluding carboxylic acids is 1. The second-order valence-electron chi connectivity index (χ2n) is 6.88. The molecule has 1 aromatic rings. The van der Waals surface area contributed by atoms with Gasteiger partial charge >= 0.3 is 0 Å². The summed E-state index contributed by atoms with van der Waals surface area (Å²) in [7, 11) is 0. The van der Waals surface area contributed by atoms with Gasteiger partial charge in [0, 0.05) is 11.6 Å². The third-order valence-corrected chi connectivity index (χ3v) is 5.38. The molecule has 122 valence electrons. The molecule has 1 saturated carbocycles. The number of para-hydroxylation sites is 1. The molecule has 2 rings (SSSR count). The van der Waals surface area contributed by atoms with Gasteiger partial charge in [-0.2, -0.15) is 0 Å². The molecule has 0 spiro atoms. The van der Waals surface area contributed by atoms with Crippen LogP contribution < -0.4 is 10.6 Å². The summed E-state index contributed by atoms with van der Waals surface area (Å²) >= 11 is 0. The maximum Gasteiger partial charge on any atom is 0.279 e. The molecule has 3 N–H and O–H groups in total. The van der Waals surface area contributed by atoms with Gasteiger partial charge in [0.05, 0.1) is 6.04 Å². The third kappa shape index (κ3) is 4.10. The van der Waals surface area contributed by atoms with Crippen LogP contribution in [-0.4, -0.2) is 18.5 Å². The molecule has 22 heavy (non-hydrogen) atoms. The lowest BCUT2D eigenvalue weighted by Crippen LogP contribution is -2.93. The first kappa shape index (κ1) is 17.0. The first-order valence-corrected chi connectivity index (χ1v) is 8.74. The van der Waals surface area contributed by atoms with Crippen LogP contribution >= 0.6 is 0 Å². The second-order valence-corrected chi connectivity index (χ2v) is 6.88. The van der Waals surface area contributed by atoms with Gasteiger partial charge in [0.2, 0.25) is 0 Å². The molecule has 3 atom stereocenters. The van der Waals surface area contributed by atoms with Crippen LogP contribution in [-0.2, 0) is 11.2 Å². The van der Waals surface area contributed by atoms with Gasteiger partial charge in [-0.15, -0.1) is 0 Å². The van der Waals surface area contributed by atoms with Crippen LogP contribution in [0.3, 0.4) is 0 Å². The van der Waals surface area contributed by atoms with Crippen molar-refractivity contribution in [2.75, 3.05) is 11.9 Å². The van der Waals surface area contributed by atoms with Crippen LogP contribution in [0.5, 0.6) is 0 Å². The zero-order chi connectivity index (χ0) is 16.1. The van der Waals surface area contributed by atoms with Crippen LogP contribution in [0.15, 0.2) is 18.2 Å². The minimum atomic E-state index is 0.120. The molecule has 3 heteroatoms. The van der Waals surface area contributed by atoms with Crippen molar-refractivity contribution in [3.63, 3.8) is 0 Å². The summed E-state index contributed by atoms with van der Waals surface area (Å²) in [5, 5.41) is 5.37. The molecule has 0 saturated heterocycles. The average molecular weight is 303 g/mol. The lowest BCUT2D eigenvalue weighted by Gasteiger charge is -2.32. The van der Waals surface area contributed by atoms with Gasteiger partial charge < -0.3 is 10.6 Å². The van der Waals surface area contributed by atoms with Crippen LogP contribution in [0.1, 0.15) is 51.2 Å². The zero-order valence-corrected chi connectivity index (χ0v) is 14.5. The van der Waals surface area contributed by atoms with Crippen LogP contribution in [0.2, 0.25) is 0 Å². The Kier molecular flexibility index (Phi) is 6.01. The van der Waals surface area contributed by atoms with E-state index in [2.05, 4.69) is 56.5 Å². The minimum absolute atomic E-state index is 0.120. The molecule has 0 bridgehead atoms. The average Bonchev–Trinajstić information content (AvgIpc) is 2.50. The van der Waals surface area contributed by atoms with Crippen molar-refractivity contribution in [3.8, 4) is 0 Å². The summed E-state index contributed by atoms with van der Waals surface area (Å²) < 4.78 is 0. The van der Waals surface area contributed by atoms with Gasteiger partial charge in [0.1, 0.15) is 0 Å². The molecule has 0 heterocycles. The van der Waals surface area contributed by atoms with E-state index in [1.807, 2.05) is 0 Å². The van der Waals surface area contributed by atoms with E-state index in [1.165, 1.54) is 24.8 Å². The molecule has 3 nitrogen and oxygen atoms in total. The van der Waals surface area contributed by atoms with Gasteiger partial charge in [-0.1, -0.05) is 39.0 Å². The van der Waals surface area contributed by atoms with Gasteiger partial charge in [-0.25, -0.2) is 0 Å². The van der Waals surface area contributed by atoms with Crippen LogP contribution in [0.25, 0.3) is 0 Å². The van der Waals surface area contributed by atoms with E-state index < -0.39 is 0 Å². The maximum atomic E-state index is 12.3. The molecule has 0 aliphatic heterocycles. The zero-order valence-electron chi connectivity index (χ0n) is 14.5. The smallest absolute Gasteiger partial charge is 0.279 e. The van der Waals surface area contributed by atoms with E-state index in [0.29, 0.717) is 18.5 Å². The molecular formula is C19H31N2O+. The first-order chi connectivity index (χ1) is 10.5. The predicted octanol–water partition coefficient (Wildman–Crippen LogP) is 2.88. The Hall–Kier alpha value is -1.35. The number of nitrogens with two attached hydrogens (primary N) is 1. The molecule has 1 aliphatic rings. The molecule has 0 aromatic heterocycles. The molecular weight excluding hydrogens is 272 g/mol. The topological polar surface area (TPSA) is 45.7 Å². The summed E-state index contributed by atoms with van der Waals surface area (Å²) in [6.07, 6.45) is 4.81. The highest BCUT2D eigenvalue weighted by Gasteiger charge is 2.29.